The van der Waals surface area contributed by atoms with E-state index >= 15 is 0 Å². The Balaban J connectivity index is 1.92. The van der Waals surface area contributed by atoms with Crippen molar-refractivity contribution in [3.8, 4) is 5.75 Å². The monoisotopic (exact) mass is 751 g/mol. The third kappa shape index (κ3) is 37.6. The fourth-order valence-electron chi connectivity index (χ4n) is 6.55. The Morgan fingerprint density at radius 3 is 0.904 bits per heavy atom. The molecule has 0 heterocycles. The van der Waals surface area contributed by atoms with E-state index in [9.17, 15) is 0 Å². The van der Waals surface area contributed by atoms with Gasteiger partial charge in [-0.15, -0.1) is 0 Å². The van der Waals surface area contributed by atoms with E-state index in [1.807, 2.05) is 30.3 Å². The second-order valence-corrected chi connectivity index (χ2v) is 16.3. The molecule has 1 aromatic carbocycles. The molecule has 52 heavy (non-hydrogen) atoms. The SMILES string of the molecule is CCCCCCCCCCOCCCCCCCCCCOP(OCCCCCCCCCCOCCCCCCCCCC)Oc1ccccc1. The minimum atomic E-state index is -1.35. The molecule has 0 bridgehead atoms. The minimum absolute atomic E-state index is 0.707. The molecule has 0 radical (unpaired) electrons. The maximum absolute atomic E-state index is 6.12. The first kappa shape index (κ1) is 49.3. The number of ether oxygens (including phenoxy) is 2. The van der Waals surface area contributed by atoms with E-state index < -0.39 is 8.60 Å². The summed E-state index contributed by atoms with van der Waals surface area (Å²) < 4.78 is 30.0. The Morgan fingerprint density at radius 1 is 0.327 bits per heavy atom. The van der Waals surface area contributed by atoms with Crippen molar-refractivity contribution in [3.63, 3.8) is 0 Å². The topological polar surface area (TPSA) is 46.2 Å². The highest BCUT2D eigenvalue weighted by molar-refractivity contribution is 7.42. The quantitative estimate of drug-likeness (QED) is 0.0491. The number of hydrogen-bond acceptors (Lipinski definition) is 5. The van der Waals surface area contributed by atoms with Crippen molar-refractivity contribution in [2.45, 2.75) is 219 Å². The van der Waals surface area contributed by atoms with Crippen LogP contribution < -0.4 is 4.52 Å². The second kappa shape index (κ2) is 43.0. The van der Waals surface area contributed by atoms with Crippen molar-refractivity contribution in [3.05, 3.63) is 30.3 Å². The smallest absolute Gasteiger partial charge is 0.397 e. The van der Waals surface area contributed by atoms with Gasteiger partial charge in [-0.3, -0.25) is 0 Å². The van der Waals surface area contributed by atoms with Gasteiger partial charge in [0, 0.05) is 26.4 Å². The summed E-state index contributed by atoms with van der Waals surface area (Å²) in [6.07, 6.45) is 42.0. The molecule has 0 unspecified atom stereocenters. The summed E-state index contributed by atoms with van der Waals surface area (Å²) >= 11 is 0. The van der Waals surface area contributed by atoms with Crippen LogP contribution in [0.25, 0.3) is 0 Å². The van der Waals surface area contributed by atoms with Crippen molar-refractivity contribution in [1.82, 2.24) is 0 Å². The number of unbranched alkanes of at least 4 members (excludes halogenated alkanes) is 28. The molecule has 6 heteroatoms. The number of hydrogen-bond donors (Lipinski definition) is 0. The van der Waals surface area contributed by atoms with Gasteiger partial charge in [-0.25, -0.2) is 0 Å². The first-order valence-electron chi connectivity index (χ1n) is 22.8. The van der Waals surface area contributed by atoms with E-state index in [-0.39, 0.29) is 0 Å². The summed E-state index contributed by atoms with van der Waals surface area (Å²) in [7, 11) is -1.35. The van der Waals surface area contributed by atoms with Gasteiger partial charge in [0.05, 0.1) is 13.2 Å². The Kier molecular flexibility index (Phi) is 40.8. The van der Waals surface area contributed by atoms with Crippen LogP contribution in [0.2, 0.25) is 0 Å². The molecule has 0 aliphatic heterocycles. The lowest BCUT2D eigenvalue weighted by Crippen LogP contribution is -2.01. The zero-order chi connectivity index (χ0) is 37.1. The van der Waals surface area contributed by atoms with Crippen molar-refractivity contribution >= 4 is 8.60 Å². The average Bonchev–Trinajstić information content (AvgIpc) is 3.16. The zero-order valence-corrected chi connectivity index (χ0v) is 35.6. The maximum Gasteiger partial charge on any atom is 0.397 e. The normalized spacial score (nSPS) is 11.6. The number of para-hydroxylation sites is 1. The molecule has 0 amide bonds. The van der Waals surface area contributed by atoms with Crippen LogP contribution in [0.3, 0.4) is 0 Å². The Hall–Kier alpha value is -0.710. The summed E-state index contributed by atoms with van der Waals surface area (Å²) in [5.41, 5.74) is 0. The number of benzene rings is 1. The fourth-order valence-corrected chi connectivity index (χ4v) is 7.58. The Labute approximate surface area is 325 Å². The van der Waals surface area contributed by atoms with Gasteiger partial charge in [-0.2, -0.15) is 0 Å². The summed E-state index contributed by atoms with van der Waals surface area (Å²) in [4.78, 5) is 0. The molecular formula is C46H87O5P. The second-order valence-electron chi connectivity index (χ2n) is 15.1. The molecule has 0 aliphatic carbocycles. The van der Waals surface area contributed by atoms with E-state index in [1.165, 1.54) is 193 Å². The van der Waals surface area contributed by atoms with Crippen LogP contribution in [0.5, 0.6) is 5.75 Å². The molecule has 0 spiro atoms. The Bertz CT molecular complexity index is 737. The van der Waals surface area contributed by atoms with Gasteiger partial charge in [0.25, 0.3) is 0 Å². The molecule has 5 nitrogen and oxygen atoms in total. The van der Waals surface area contributed by atoms with Gasteiger partial charge in [0.15, 0.2) is 0 Å². The predicted molar refractivity (Wildman–Crippen MR) is 227 cm³/mol. The molecule has 1 aromatic rings. The molecule has 0 saturated heterocycles. The largest absolute Gasteiger partial charge is 0.427 e. The number of rotatable bonds is 44. The highest BCUT2D eigenvalue weighted by Crippen LogP contribution is 2.41. The van der Waals surface area contributed by atoms with Crippen LogP contribution in [0.1, 0.15) is 219 Å². The highest BCUT2D eigenvalue weighted by atomic mass is 31.2. The first-order valence-corrected chi connectivity index (χ1v) is 23.9. The van der Waals surface area contributed by atoms with Gasteiger partial charge < -0.3 is 23.0 Å². The maximum atomic E-state index is 6.12. The van der Waals surface area contributed by atoms with Crippen LogP contribution in [0.15, 0.2) is 30.3 Å². The van der Waals surface area contributed by atoms with Gasteiger partial charge in [-0.05, 0) is 50.7 Å². The lowest BCUT2D eigenvalue weighted by molar-refractivity contribution is 0.125. The third-order valence-electron chi connectivity index (χ3n) is 9.97. The van der Waals surface area contributed by atoms with Crippen LogP contribution in [-0.2, 0) is 18.5 Å². The molecule has 0 aromatic heterocycles. The van der Waals surface area contributed by atoms with Crippen molar-refractivity contribution < 1.29 is 23.0 Å². The van der Waals surface area contributed by atoms with E-state index in [4.69, 9.17) is 23.0 Å². The van der Waals surface area contributed by atoms with E-state index in [1.54, 1.807) is 0 Å². The third-order valence-corrected chi connectivity index (χ3v) is 11.1. The average molecular weight is 751 g/mol. The molecule has 0 N–H and O–H groups in total. The lowest BCUT2D eigenvalue weighted by Gasteiger charge is -2.17. The predicted octanol–water partition coefficient (Wildman–Crippen LogP) is 15.9. The van der Waals surface area contributed by atoms with Crippen molar-refractivity contribution in [1.29, 1.82) is 0 Å². The zero-order valence-electron chi connectivity index (χ0n) is 34.7. The highest BCUT2D eigenvalue weighted by Gasteiger charge is 2.14. The van der Waals surface area contributed by atoms with E-state index in [0.717, 1.165) is 45.0 Å². The molecule has 0 atom stereocenters. The Morgan fingerprint density at radius 2 is 0.596 bits per heavy atom. The first-order chi connectivity index (χ1) is 25.9. The standard InChI is InChI=1S/C46H87O5P/c1-3-5-7-9-11-17-23-32-40-47-42-34-25-19-13-15-21-27-36-44-49-52(51-46-38-30-29-31-39-46)50-45-37-28-22-16-14-20-26-35-43-48-41-33-24-18-12-10-8-6-4-2/h29-31,38-39H,3-28,32-37,40-45H2,1-2H3. The van der Waals surface area contributed by atoms with Crippen LogP contribution in [0, 0.1) is 0 Å². The van der Waals surface area contributed by atoms with Gasteiger partial charge in [0.2, 0.25) is 0 Å². The summed E-state index contributed by atoms with van der Waals surface area (Å²) in [5, 5.41) is 0. The molecule has 0 aliphatic rings. The van der Waals surface area contributed by atoms with E-state index in [2.05, 4.69) is 13.8 Å². The van der Waals surface area contributed by atoms with Gasteiger partial charge in [-0.1, -0.05) is 199 Å². The molecule has 0 saturated carbocycles. The summed E-state index contributed by atoms with van der Waals surface area (Å²) in [5.74, 6) is 0.825. The molecule has 1 rings (SSSR count). The van der Waals surface area contributed by atoms with Gasteiger partial charge >= 0.3 is 8.60 Å². The molecule has 306 valence electrons. The molecule has 0 fully saturated rings. The van der Waals surface area contributed by atoms with Crippen LogP contribution >= 0.6 is 8.60 Å². The summed E-state index contributed by atoms with van der Waals surface area (Å²) in [6, 6.07) is 9.97. The van der Waals surface area contributed by atoms with Gasteiger partial charge in [0.1, 0.15) is 5.75 Å². The molecular weight excluding hydrogens is 663 g/mol. The van der Waals surface area contributed by atoms with Crippen molar-refractivity contribution in [2.75, 3.05) is 39.6 Å². The minimum Gasteiger partial charge on any atom is -0.427 e. The van der Waals surface area contributed by atoms with Crippen LogP contribution in [-0.4, -0.2) is 39.6 Å². The van der Waals surface area contributed by atoms with Crippen LogP contribution in [0.4, 0.5) is 0 Å². The summed E-state index contributed by atoms with van der Waals surface area (Å²) in [6.45, 7) is 9.78. The van der Waals surface area contributed by atoms with Crippen molar-refractivity contribution in [2.24, 2.45) is 0 Å². The van der Waals surface area contributed by atoms with E-state index in [0.29, 0.717) is 13.2 Å². The fraction of sp³-hybridized carbons (Fsp3) is 0.870. The lowest BCUT2D eigenvalue weighted by atomic mass is 10.1.